The molecule has 1 unspecified atom stereocenters. The zero-order valence-electron chi connectivity index (χ0n) is 54.4. The van der Waals surface area contributed by atoms with Gasteiger partial charge in [-0.3, -0.25) is 14.4 Å². The van der Waals surface area contributed by atoms with Crippen molar-refractivity contribution < 1.29 is 28.6 Å². The van der Waals surface area contributed by atoms with Crippen molar-refractivity contribution in [3.8, 4) is 0 Å². The third-order valence-electron chi connectivity index (χ3n) is 16.7. The fourth-order valence-electron chi connectivity index (χ4n) is 11.2. The Hall–Kier alpha value is -2.11. The van der Waals surface area contributed by atoms with E-state index >= 15 is 0 Å². The van der Waals surface area contributed by atoms with Crippen LogP contribution in [0.15, 0.2) is 24.3 Å². The lowest BCUT2D eigenvalue weighted by Gasteiger charge is -2.18. The van der Waals surface area contributed by atoms with Gasteiger partial charge in [0, 0.05) is 19.3 Å². The van der Waals surface area contributed by atoms with Gasteiger partial charge in [0.25, 0.3) is 0 Å². The molecule has 0 aromatic rings. The van der Waals surface area contributed by atoms with Gasteiger partial charge in [0.15, 0.2) is 6.10 Å². The molecule has 1 atom stereocenters. The smallest absolute Gasteiger partial charge is 0.306 e. The molecule has 0 saturated carbocycles. The molecule has 0 fully saturated rings. The average Bonchev–Trinajstić information content (AvgIpc) is 3.46. The van der Waals surface area contributed by atoms with Gasteiger partial charge in [-0.05, 0) is 70.6 Å². The predicted octanol–water partition coefficient (Wildman–Crippen LogP) is 25.0. The first-order valence-corrected chi connectivity index (χ1v) is 36.3. The van der Waals surface area contributed by atoms with Gasteiger partial charge in [0.1, 0.15) is 13.2 Å². The topological polar surface area (TPSA) is 78.9 Å². The Labute approximate surface area is 500 Å². The van der Waals surface area contributed by atoms with Gasteiger partial charge >= 0.3 is 17.9 Å². The van der Waals surface area contributed by atoms with Crippen LogP contribution in [0.2, 0.25) is 0 Å². The number of allylic oxidation sites excluding steroid dienone is 4. The Morgan fingerprint density at radius 1 is 0.237 bits per heavy atom. The first-order valence-electron chi connectivity index (χ1n) is 36.3. The zero-order chi connectivity index (χ0) is 57.8. The van der Waals surface area contributed by atoms with E-state index in [-0.39, 0.29) is 31.1 Å². The van der Waals surface area contributed by atoms with E-state index in [4.69, 9.17) is 14.2 Å². The van der Waals surface area contributed by atoms with Crippen molar-refractivity contribution in [2.75, 3.05) is 13.2 Å². The van der Waals surface area contributed by atoms with Crippen LogP contribution >= 0.6 is 0 Å². The maximum Gasteiger partial charge on any atom is 0.306 e. The summed E-state index contributed by atoms with van der Waals surface area (Å²) in [5.41, 5.74) is 0. The third-order valence-corrected chi connectivity index (χ3v) is 16.7. The average molecular weight is 1130 g/mol. The van der Waals surface area contributed by atoms with Crippen molar-refractivity contribution >= 4 is 17.9 Å². The molecule has 6 heteroatoms. The summed E-state index contributed by atoms with van der Waals surface area (Å²) in [6.45, 7) is 6.71. The van der Waals surface area contributed by atoms with Gasteiger partial charge in [-0.2, -0.15) is 0 Å². The largest absolute Gasteiger partial charge is 0.462 e. The summed E-state index contributed by atoms with van der Waals surface area (Å²) in [5.74, 6) is -0.848. The number of hydrogen-bond acceptors (Lipinski definition) is 6. The highest BCUT2D eigenvalue weighted by atomic mass is 16.6. The summed E-state index contributed by atoms with van der Waals surface area (Å²) in [5, 5.41) is 0. The van der Waals surface area contributed by atoms with E-state index in [9.17, 15) is 14.4 Å². The van der Waals surface area contributed by atoms with E-state index in [2.05, 4.69) is 45.1 Å². The Morgan fingerprint density at radius 3 is 0.625 bits per heavy atom. The fourth-order valence-corrected chi connectivity index (χ4v) is 11.2. The van der Waals surface area contributed by atoms with E-state index in [1.54, 1.807) is 0 Å². The van der Waals surface area contributed by atoms with Crippen LogP contribution in [0.3, 0.4) is 0 Å². The minimum Gasteiger partial charge on any atom is -0.462 e. The number of rotatable bonds is 68. The molecular weight excluding hydrogens is 985 g/mol. The lowest BCUT2D eigenvalue weighted by atomic mass is 10.0. The van der Waals surface area contributed by atoms with Crippen molar-refractivity contribution in [1.29, 1.82) is 0 Å². The highest BCUT2D eigenvalue weighted by Gasteiger charge is 2.19. The third kappa shape index (κ3) is 66.7. The molecule has 472 valence electrons. The van der Waals surface area contributed by atoms with Crippen LogP contribution < -0.4 is 0 Å². The molecule has 0 amide bonds. The first-order chi connectivity index (χ1) is 39.5. The normalized spacial score (nSPS) is 12.1. The molecule has 0 rings (SSSR count). The predicted molar refractivity (Wildman–Crippen MR) is 349 cm³/mol. The SMILES string of the molecule is CCCCCCCC/C=C\CCCCCCCCCCCC(=O)OC(COC(=O)CCCCCCC/C=C\CCCCCCCC)COC(=O)CCCCCCCCCCCCCCCCCCCCCCCCCCCCCC. The second-order valence-corrected chi connectivity index (χ2v) is 24.9. The molecule has 0 N–H and O–H groups in total. The molecule has 0 aromatic heterocycles. The van der Waals surface area contributed by atoms with Crippen LogP contribution in [-0.2, 0) is 28.6 Å². The fraction of sp³-hybridized carbons (Fsp3) is 0.905. The van der Waals surface area contributed by atoms with Gasteiger partial charge < -0.3 is 14.2 Å². The van der Waals surface area contributed by atoms with Crippen LogP contribution in [0.1, 0.15) is 412 Å². The Bertz CT molecular complexity index is 1290. The number of hydrogen-bond donors (Lipinski definition) is 0. The Kier molecular flexibility index (Phi) is 67.6. The zero-order valence-corrected chi connectivity index (χ0v) is 54.4. The van der Waals surface area contributed by atoms with E-state index in [0.29, 0.717) is 19.3 Å². The standard InChI is InChI=1S/C74H140O6/c1-4-7-10-13-16-19-22-25-28-30-32-33-34-35-36-37-38-39-40-42-43-46-49-52-55-58-61-64-67-73(76)79-70-71(69-78-72(75)66-63-60-57-54-51-48-45-27-24-21-18-15-12-9-6-3)80-74(77)68-65-62-59-56-53-50-47-44-41-31-29-26-23-20-17-14-11-8-5-2/h26-27,29,45,71H,4-25,28,30-44,46-70H2,1-3H3/b29-26-,45-27-. The summed E-state index contributed by atoms with van der Waals surface area (Å²) < 4.78 is 17.0. The quantitative estimate of drug-likeness (QED) is 0.0261. The number of carbonyl (C=O) groups excluding carboxylic acids is 3. The summed E-state index contributed by atoms with van der Waals surface area (Å²) in [4.78, 5) is 38.4. The number of carbonyl (C=O) groups is 3. The first kappa shape index (κ1) is 77.9. The second-order valence-electron chi connectivity index (χ2n) is 24.9. The van der Waals surface area contributed by atoms with Crippen LogP contribution in [-0.4, -0.2) is 37.2 Å². The van der Waals surface area contributed by atoms with Crippen molar-refractivity contribution in [2.24, 2.45) is 0 Å². The molecule has 0 saturated heterocycles. The van der Waals surface area contributed by atoms with Gasteiger partial charge in [-0.15, -0.1) is 0 Å². The monoisotopic (exact) mass is 1130 g/mol. The lowest BCUT2D eigenvalue weighted by molar-refractivity contribution is -0.167. The summed E-state index contributed by atoms with van der Waals surface area (Å²) in [6, 6.07) is 0. The van der Waals surface area contributed by atoms with Crippen molar-refractivity contribution in [3.05, 3.63) is 24.3 Å². The molecule has 80 heavy (non-hydrogen) atoms. The molecule has 0 aliphatic heterocycles. The molecule has 0 aromatic carbocycles. The van der Waals surface area contributed by atoms with Crippen LogP contribution in [0.5, 0.6) is 0 Å². The Balaban J connectivity index is 4.21. The van der Waals surface area contributed by atoms with Crippen LogP contribution in [0.4, 0.5) is 0 Å². The van der Waals surface area contributed by atoms with Crippen molar-refractivity contribution in [3.63, 3.8) is 0 Å². The van der Waals surface area contributed by atoms with Gasteiger partial charge in [-0.1, -0.05) is 347 Å². The van der Waals surface area contributed by atoms with Gasteiger partial charge in [0.2, 0.25) is 0 Å². The molecule has 0 aliphatic carbocycles. The molecule has 0 aliphatic rings. The minimum absolute atomic E-state index is 0.0692. The Morgan fingerprint density at radius 2 is 0.412 bits per heavy atom. The number of esters is 3. The van der Waals surface area contributed by atoms with Crippen LogP contribution in [0, 0.1) is 0 Å². The molecule has 6 nitrogen and oxygen atoms in total. The maximum absolute atomic E-state index is 12.9. The van der Waals surface area contributed by atoms with E-state index < -0.39 is 6.10 Å². The van der Waals surface area contributed by atoms with Crippen molar-refractivity contribution in [2.45, 2.75) is 419 Å². The lowest BCUT2D eigenvalue weighted by Crippen LogP contribution is -2.30. The second kappa shape index (κ2) is 69.4. The molecule has 0 spiro atoms. The van der Waals surface area contributed by atoms with Gasteiger partial charge in [0.05, 0.1) is 0 Å². The number of unbranched alkanes of at least 4 members (excludes halogenated alkanes) is 53. The molecule has 0 bridgehead atoms. The van der Waals surface area contributed by atoms with Gasteiger partial charge in [-0.25, -0.2) is 0 Å². The highest BCUT2D eigenvalue weighted by Crippen LogP contribution is 2.19. The molecular formula is C74H140O6. The highest BCUT2D eigenvalue weighted by molar-refractivity contribution is 5.71. The summed E-state index contributed by atoms with van der Waals surface area (Å²) in [7, 11) is 0. The van der Waals surface area contributed by atoms with E-state index in [1.165, 1.54) is 308 Å². The van der Waals surface area contributed by atoms with Crippen molar-refractivity contribution in [1.82, 2.24) is 0 Å². The molecule has 0 radical (unpaired) electrons. The van der Waals surface area contributed by atoms with E-state index in [0.717, 1.165) is 64.2 Å². The maximum atomic E-state index is 12.9. The molecule has 0 heterocycles. The minimum atomic E-state index is -0.774. The summed E-state index contributed by atoms with van der Waals surface area (Å²) >= 11 is 0. The summed E-state index contributed by atoms with van der Waals surface area (Å²) in [6.07, 6.45) is 85.0. The number of ether oxygens (including phenoxy) is 3. The van der Waals surface area contributed by atoms with E-state index in [1.807, 2.05) is 0 Å². The van der Waals surface area contributed by atoms with Crippen LogP contribution in [0.25, 0.3) is 0 Å².